The van der Waals surface area contributed by atoms with Crippen molar-refractivity contribution >= 4 is 17.7 Å². The van der Waals surface area contributed by atoms with Crippen molar-refractivity contribution in [3.63, 3.8) is 0 Å². The molecule has 1 atom stereocenters. The molecule has 2 aromatic rings. The number of esters is 1. The van der Waals surface area contributed by atoms with Crippen molar-refractivity contribution in [2.45, 2.75) is 45.6 Å². The smallest absolute Gasteiger partial charge is 0.344 e. The molecule has 0 saturated heterocycles. The van der Waals surface area contributed by atoms with Gasteiger partial charge in [-0.15, -0.1) is 0 Å². The summed E-state index contributed by atoms with van der Waals surface area (Å²) in [5.41, 5.74) is 4.58. The molecule has 0 fully saturated rings. The first kappa shape index (κ1) is 24.0. The molecule has 33 heavy (non-hydrogen) atoms. The zero-order valence-electron chi connectivity index (χ0n) is 19.0. The van der Waals surface area contributed by atoms with Crippen LogP contribution in [0.5, 0.6) is 0 Å². The van der Waals surface area contributed by atoms with E-state index in [-0.39, 0.29) is 0 Å². The third-order valence-electron chi connectivity index (χ3n) is 5.25. The van der Waals surface area contributed by atoms with Gasteiger partial charge in [0.15, 0.2) is 0 Å². The monoisotopic (exact) mass is 447 g/mol. The Labute approximate surface area is 194 Å². The number of rotatable bonds is 4. The lowest BCUT2D eigenvalue weighted by atomic mass is 9.94. The third kappa shape index (κ3) is 7.17. The molecule has 1 aliphatic heterocycles. The lowest BCUT2D eigenvalue weighted by Crippen LogP contribution is -2.17. The molecule has 3 rings (SSSR count). The van der Waals surface area contributed by atoms with Crippen molar-refractivity contribution in [1.82, 2.24) is 0 Å². The van der Waals surface area contributed by atoms with Gasteiger partial charge in [-0.25, -0.2) is 9.59 Å². The molecule has 0 saturated carbocycles. The predicted octanol–water partition coefficient (Wildman–Crippen LogP) is 5.50. The molecule has 6 nitrogen and oxygen atoms in total. The highest BCUT2D eigenvalue weighted by atomic mass is 16.6. The lowest BCUT2D eigenvalue weighted by molar-refractivity contribution is -0.142. The number of carbonyl (C=O) groups is 2. The fraction of sp³-hybridized carbons (Fsp3) is 0.296. The van der Waals surface area contributed by atoms with Crippen LogP contribution in [0.2, 0.25) is 0 Å². The first-order chi connectivity index (χ1) is 15.9. The van der Waals surface area contributed by atoms with Gasteiger partial charge in [-0.05, 0) is 49.5 Å². The van der Waals surface area contributed by atoms with E-state index in [0.29, 0.717) is 24.1 Å². The van der Waals surface area contributed by atoms with Gasteiger partial charge in [0.05, 0.1) is 11.3 Å². The maximum atomic E-state index is 13.4. The molecule has 0 unspecified atom stereocenters. The van der Waals surface area contributed by atoms with Crippen molar-refractivity contribution in [2.24, 2.45) is 5.16 Å². The van der Waals surface area contributed by atoms with Gasteiger partial charge in [0.2, 0.25) is 6.61 Å². The SMILES string of the molecule is Cc1cc(C)c2c(c1)CC(=N/OCC(=O)O)/C=C/CC/C=C/C[C@@H](c1ccccc1)OC2=O. The molecule has 0 radical (unpaired) electrons. The molecule has 172 valence electrons. The summed E-state index contributed by atoms with van der Waals surface area (Å²) in [6.07, 6.45) is 10.0. The number of ether oxygens (including phenoxy) is 1. The fourth-order valence-corrected chi connectivity index (χ4v) is 3.83. The van der Waals surface area contributed by atoms with Gasteiger partial charge in [0.1, 0.15) is 6.10 Å². The van der Waals surface area contributed by atoms with Crippen molar-refractivity contribution in [1.29, 1.82) is 0 Å². The van der Waals surface area contributed by atoms with Crippen LogP contribution in [-0.2, 0) is 20.8 Å². The highest BCUT2D eigenvalue weighted by Gasteiger charge is 2.22. The van der Waals surface area contributed by atoms with Gasteiger partial charge in [0, 0.05) is 12.8 Å². The molecule has 6 heteroatoms. The molecular weight excluding hydrogens is 418 g/mol. The predicted molar refractivity (Wildman–Crippen MR) is 127 cm³/mol. The van der Waals surface area contributed by atoms with Crippen molar-refractivity contribution in [3.05, 3.63) is 94.6 Å². The Balaban J connectivity index is 2.01. The Morgan fingerprint density at radius 3 is 2.64 bits per heavy atom. The van der Waals surface area contributed by atoms with Gasteiger partial charge >= 0.3 is 11.9 Å². The summed E-state index contributed by atoms with van der Waals surface area (Å²) >= 11 is 0. The van der Waals surface area contributed by atoms with E-state index < -0.39 is 24.6 Å². The van der Waals surface area contributed by atoms with Crippen LogP contribution in [-0.4, -0.2) is 29.4 Å². The summed E-state index contributed by atoms with van der Waals surface area (Å²) < 4.78 is 6.02. The molecule has 0 aliphatic carbocycles. The molecule has 0 spiro atoms. The zero-order valence-corrected chi connectivity index (χ0v) is 19.0. The Hall–Kier alpha value is -3.67. The summed E-state index contributed by atoms with van der Waals surface area (Å²) in [5, 5.41) is 12.9. The number of nitrogens with zero attached hydrogens (tertiary/aromatic N) is 1. The average molecular weight is 448 g/mol. The van der Waals surface area contributed by atoms with Crippen LogP contribution in [0.15, 0.2) is 71.9 Å². The number of carboxylic acids is 1. The van der Waals surface area contributed by atoms with E-state index in [1.807, 2.05) is 74.5 Å². The van der Waals surface area contributed by atoms with E-state index >= 15 is 0 Å². The van der Waals surface area contributed by atoms with Crippen molar-refractivity contribution < 1.29 is 24.3 Å². The Bertz CT molecular complexity index is 1070. The largest absolute Gasteiger partial charge is 0.479 e. The van der Waals surface area contributed by atoms with Gasteiger partial charge in [-0.3, -0.25) is 0 Å². The summed E-state index contributed by atoms with van der Waals surface area (Å²) in [7, 11) is 0. The van der Waals surface area contributed by atoms with E-state index in [1.165, 1.54) is 0 Å². The number of benzene rings is 2. The van der Waals surface area contributed by atoms with Crippen molar-refractivity contribution in [2.75, 3.05) is 6.61 Å². The average Bonchev–Trinajstić information content (AvgIpc) is 2.76. The lowest BCUT2D eigenvalue weighted by Gasteiger charge is -2.20. The third-order valence-corrected chi connectivity index (χ3v) is 5.25. The summed E-state index contributed by atoms with van der Waals surface area (Å²) in [5.74, 6) is -1.49. The quantitative estimate of drug-likeness (QED) is 0.380. The highest BCUT2D eigenvalue weighted by molar-refractivity contribution is 6.00. The number of carbonyl (C=O) groups excluding carboxylic acids is 1. The highest BCUT2D eigenvalue weighted by Crippen LogP contribution is 2.27. The molecule has 1 heterocycles. The van der Waals surface area contributed by atoms with Crippen molar-refractivity contribution in [3.8, 4) is 0 Å². The second-order valence-corrected chi connectivity index (χ2v) is 8.03. The molecule has 0 amide bonds. The van der Waals surface area contributed by atoms with E-state index in [1.54, 1.807) is 0 Å². The van der Waals surface area contributed by atoms with Gasteiger partial charge in [0.25, 0.3) is 0 Å². The molecule has 1 N–H and O–H groups in total. The number of aliphatic carboxylic acids is 1. The number of oxime groups is 1. The summed E-state index contributed by atoms with van der Waals surface area (Å²) in [6, 6.07) is 13.6. The number of fused-ring (bicyclic) bond motifs is 1. The summed E-state index contributed by atoms with van der Waals surface area (Å²) in [4.78, 5) is 29.2. The Morgan fingerprint density at radius 2 is 1.88 bits per heavy atom. The molecular formula is C27H29NO5. The second kappa shape index (κ2) is 11.8. The first-order valence-electron chi connectivity index (χ1n) is 11.0. The molecule has 2 aromatic carbocycles. The second-order valence-electron chi connectivity index (χ2n) is 8.03. The standard InChI is InChI=1S/C27H29NO5/c1-19-15-20(2)26-22(16-19)17-23(28-32-18-25(29)30)13-9-4-3-5-10-14-24(33-27(26)31)21-11-7-6-8-12-21/h5-13,15-16,24H,3-4,14,17-18H2,1-2H3,(H,29,30)/b10-5+,13-9+,28-23+/t24-/m0/s1. The van der Waals surface area contributed by atoms with Crippen LogP contribution in [0.1, 0.15) is 58.0 Å². The van der Waals surface area contributed by atoms with Crippen LogP contribution in [0, 0.1) is 13.8 Å². The molecule has 0 aromatic heterocycles. The minimum atomic E-state index is -1.10. The maximum absolute atomic E-state index is 13.4. The van der Waals surface area contributed by atoms with Crippen LogP contribution in [0.25, 0.3) is 0 Å². The number of allylic oxidation sites excluding steroid dienone is 3. The van der Waals surface area contributed by atoms with E-state index in [2.05, 4.69) is 11.2 Å². The number of hydrogen-bond donors (Lipinski definition) is 1. The van der Waals surface area contributed by atoms with Crippen LogP contribution >= 0.6 is 0 Å². The fourth-order valence-electron chi connectivity index (χ4n) is 3.83. The number of hydrogen-bond acceptors (Lipinski definition) is 5. The van der Waals surface area contributed by atoms with Crippen LogP contribution in [0.4, 0.5) is 0 Å². The van der Waals surface area contributed by atoms with Gasteiger partial charge in [-0.2, -0.15) is 0 Å². The number of carboxylic acid groups (broad SMARTS) is 1. The zero-order chi connectivity index (χ0) is 23.6. The Morgan fingerprint density at radius 1 is 1.12 bits per heavy atom. The van der Waals surface area contributed by atoms with E-state index in [0.717, 1.165) is 35.1 Å². The van der Waals surface area contributed by atoms with Crippen LogP contribution < -0.4 is 0 Å². The minimum absolute atomic E-state index is 0.314. The van der Waals surface area contributed by atoms with Gasteiger partial charge < -0.3 is 14.7 Å². The first-order valence-corrected chi connectivity index (χ1v) is 11.0. The van der Waals surface area contributed by atoms with Crippen LogP contribution in [0.3, 0.4) is 0 Å². The van der Waals surface area contributed by atoms with E-state index in [4.69, 9.17) is 14.7 Å². The normalized spacial score (nSPS) is 20.2. The van der Waals surface area contributed by atoms with Gasteiger partial charge in [-0.1, -0.05) is 71.4 Å². The minimum Gasteiger partial charge on any atom is -0.479 e. The topological polar surface area (TPSA) is 85.2 Å². The number of cyclic esters (lactones) is 1. The maximum Gasteiger partial charge on any atom is 0.344 e. The molecule has 0 bridgehead atoms. The molecule has 1 aliphatic rings. The number of aryl methyl sites for hydroxylation is 2. The summed E-state index contributed by atoms with van der Waals surface area (Å²) in [6.45, 7) is 3.33. The van der Waals surface area contributed by atoms with E-state index in [9.17, 15) is 9.59 Å². The Kier molecular flexibility index (Phi) is 8.58.